The highest BCUT2D eigenvalue weighted by molar-refractivity contribution is 8.18. The van der Waals surface area contributed by atoms with Crippen LogP contribution in [-0.2, 0) is 36.9 Å². The molecule has 248 valence electrons. The fraction of sp³-hybridized carbons (Fsp3) is 0.622. The van der Waals surface area contributed by atoms with Gasteiger partial charge in [-0.2, -0.15) is 0 Å². The van der Waals surface area contributed by atoms with Gasteiger partial charge in [0, 0.05) is 32.3 Å². The second kappa shape index (κ2) is 16.6. The van der Waals surface area contributed by atoms with Gasteiger partial charge in [0.05, 0.1) is 42.2 Å². The second-order valence-corrected chi connectivity index (χ2v) is 15.9. The third-order valence-corrected chi connectivity index (χ3v) is 13.5. The molecule has 8 atom stereocenters. The molecule has 8 heteroatoms. The third kappa shape index (κ3) is 8.76. The van der Waals surface area contributed by atoms with Crippen molar-refractivity contribution in [2.75, 3.05) is 25.2 Å². The standard InChI is InChI=1S/C37H52O6S2/c1-5-28(3)37(44-21-12-22-45-37)35(38)34-32(39-4)18-20-36(43-34)19-17-27(2)33(42-36)23-31(41-25-30-15-10-7-11-16-30)26-40-24-29-13-8-6-9-14-29/h5-11,13-16,27-28,31-35,38H,1,12,17-26H2,2-4H3/t27-,28-,31+,32-,33+,34-,35-,36-/m0/s1. The lowest BCUT2D eigenvalue weighted by Gasteiger charge is -2.53. The molecule has 3 aliphatic heterocycles. The van der Waals surface area contributed by atoms with Crippen molar-refractivity contribution in [3.8, 4) is 0 Å². The number of hydrogen-bond acceptors (Lipinski definition) is 8. The van der Waals surface area contributed by atoms with E-state index in [2.05, 4.69) is 44.7 Å². The molecule has 2 aromatic carbocycles. The molecule has 3 saturated heterocycles. The highest BCUT2D eigenvalue weighted by Crippen LogP contribution is 2.53. The van der Waals surface area contributed by atoms with Crippen molar-refractivity contribution in [3.05, 3.63) is 84.4 Å². The molecule has 0 amide bonds. The molecule has 2 aromatic rings. The van der Waals surface area contributed by atoms with Crippen molar-refractivity contribution in [1.82, 2.24) is 0 Å². The van der Waals surface area contributed by atoms with E-state index in [0.717, 1.165) is 54.7 Å². The monoisotopic (exact) mass is 656 g/mol. The zero-order chi connectivity index (χ0) is 31.7. The molecular weight excluding hydrogens is 605 g/mol. The van der Waals surface area contributed by atoms with Gasteiger partial charge in [0.1, 0.15) is 12.2 Å². The summed E-state index contributed by atoms with van der Waals surface area (Å²) in [6, 6.07) is 20.5. The van der Waals surface area contributed by atoms with Crippen LogP contribution in [0.5, 0.6) is 0 Å². The predicted molar refractivity (Wildman–Crippen MR) is 184 cm³/mol. The second-order valence-electron chi connectivity index (χ2n) is 12.9. The number of aliphatic hydroxyl groups excluding tert-OH is 1. The number of rotatable bonds is 14. The fourth-order valence-corrected chi connectivity index (χ4v) is 10.4. The van der Waals surface area contributed by atoms with E-state index in [1.807, 2.05) is 66.0 Å². The Bertz CT molecular complexity index is 1160. The summed E-state index contributed by atoms with van der Waals surface area (Å²) in [5, 5.41) is 12.1. The Morgan fingerprint density at radius 2 is 1.62 bits per heavy atom. The van der Waals surface area contributed by atoms with E-state index < -0.39 is 22.1 Å². The minimum atomic E-state index is -0.755. The number of aliphatic hydroxyl groups is 1. The first-order chi connectivity index (χ1) is 21.9. The van der Waals surface area contributed by atoms with Crippen LogP contribution in [0.3, 0.4) is 0 Å². The van der Waals surface area contributed by atoms with Gasteiger partial charge in [-0.15, -0.1) is 30.1 Å². The molecule has 3 fully saturated rings. The number of benzene rings is 2. The molecule has 45 heavy (non-hydrogen) atoms. The van der Waals surface area contributed by atoms with Gasteiger partial charge in [0.25, 0.3) is 0 Å². The normalized spacial score (nSPS) is 30.4. The predicted octanol–water partition coefficient (Wildman–Crippen LogP) is 7.63. The summed E-state index contributed by atoms with van der Waals surface area (Å²) in [5.74, 6) is 1.74. The number of methoxy groups -OCH3 is 1. The van der Waals surface area contributed by atoms with Gasteiger partial charge in [-0.3, -0.25) is 0 Å². The van der Waals surface area contributed by atoms with E-state index >= 15 is 0 Å². The largest absolute Gasteiger partial charge is 0.388 e. The minimum absolute atomic E-state index is 0.0591. The van der Waals surface area contributed by atoms with Crippen LogP contribution in [0.15, 0.2) is 73.3 Å². The smallest absolute Gasteiger partial charge is 0.169 e. The first-order valence-electron chi connectivity index (χ1n) is 16.6. The highest BCUT2D eigenvalue weighted by Gasteiger charge is 2.55. The Labute approximate surface area is 279 Å². The number of allylic oxidation sites excluding steroid dienone is 1. The van der Waals surface area contributed by atoms with E-state index in [1.165, 1.54) is 0 Å². The zero-order valence-electron chi connectivity index (χ0n) is 27.2. The van der Waals surface area contributed by atoms with Crippen molar-refractivity contribution in [1.29, 1.82) is 0 Å². The molecule has 5 rings (SSSR count). The maximum Gasteiger partial charge on any atom is 0.169 e. The lowest BCUT2D eigenvalue weighted by Crippen LogP contribution is -2.61. The van der Waals surface area contributed by atoms with Crippen LogP contribution in [-0.4, -0.2) is 70.7 Å². The van der Waals surface area contributed by atoms with Crippen LogP contribution < -0.4 is 0 Å². The number of hydrogen-bond donors (Lipinski definition) is 1. The van der Waals surface area contributed by atoms with Crippen LogP contribution in [0.2, 0.25) is 0 Å². The van der Waals surface area contributed by atoms with Gasteiger partial charge >= 0.3 is 0 Å². The molecule has 3 heterocycles. The minimum Gasteiger partial charge on any atom is -0.388 e. The van der Waals surface area contributed by atoms with Crippen LogP contribution in [0, 0.1) is 11.8 Å². The molecule has 0 saturated carbocycles. The zero-order valence-corrected chi connectivity index (χ0v) is 28.8. The Hall–Kier alpha value is -1.36. The summed E-state index contributed by atoms with van der Waals surface area (Å²) >= 11 is 3.69. The first kappa shape index (κ1) is 35.0. The summed E-state index contributed by atoms with van der Waals surface area (Å²) in [6.45, 7) is 10.1. The van der Waals surface area contributed by atoms with E-state index in [4.69, 9.17) is 23.7 Å². The SMILES string of the molecule is C=C[C@H](C)C1([C@@H](O)[C@H]2O[C@]3(CC[C@@H]2OC)CC[C@H](C)[C@@H](C[C@H](COCc2ccccc2)OCc2ccccc2)O3)SCCCS1. The first-order valence-corrected chi connectivity index (χ1v) is 18.6. The van der Waals surface area contributed by atoms with Crippen LogP contribution >= 0.6 is 23.5 Å². The van der Waals surface area contributed by atoms with Crippen molar-refractivity contribution in [3.63, 3.8) is 0 Å². The van der Waals surface area contributed by atoms with Crippen molar-refractivity contribution in [2.45, 2.75) is 106 Å². The van der Waals surface area contributed by atoms with Crippen LogP contribution in [0.4, 0.5) is 0 Å². The molecule has 1 spiro atoms. The quantitative estimate of drug-likeness (QED) is 0.208. The third-order valence-electron chi connectivity index (χ3n) is 9.71. The van der Waals surface area contributed by atoms with E-state index in [0.29, 0.717) is 32.2 Å². The molecule has 6 nitrogen and oxygen atoms in total. The van der Waals surface area contributed by atoms with E-state index in [1.54, 1.807) is 7.11 Å². The van der Waals surface area contributed by atoms with E-state index in [9.17, 15) is 5.11 Å². The van der Waals surface area contributed by atoms with Crippen molar-refractivity contribution in [2.24, 2.45) is 11.8 Å². The summed E-state index contributed by atoms with van der Waals surface area (Å²) in [7, 11) is 1.73. The number of thioether (sulfide) groups is 2. The molecule has 0 aromatic heterocycles. The molecule has 0 bridgehead atoms. The summed E-state index contributed by atoms with van der Waals surface area (Å²) in [5.41, 5.74) is 2.28. The lowest BCUT2D eigenvalue weighted by atomic mass is 9.83. The topological polar surface area (TPSA) is 66.4 Å². The Morgan fingerprint density at radius 3 is 2.27 bits per heavy atom. The molecule has 1 N–H and O–H groups in total. The molecular formula is C37H52O6S2. The highest BCUT2D eigenvalue weighted by atomic mass is 32.2. The average Bonchev–Trinajstić information content (AvgIpc) is 3.09. The molecule has 3 aliphatic rings. The average molecular weight is 657 g/mol. The van der Waals surface area contributed by atoms with Crippen LogP contribution in [0.25, 0.3) is 0 Å². The molecule has 0 radical (unpaired) electrons. The van der Waals surface area contributed by atoms with Crippen molar-refractivity contribution < 1.29 is 28.8 Å². The van der Waals surface area contributed by atoms with Gasteiger partial charge in [-0.25, -0.2) is 0 Å². The Balaban J connectivity index is 1.29. The fourth-order valence-electron chi connectivity index (χ4n) is 6.84. The summed E-state index contributed by atoms with van der Waals surface area (Å²) in [4.78, 5) is 0. The van der Waals surface area contributed by atoms with Gasteiger partial charge in [-0.1, -0.05) is 80.6 Å². The van der Waals surface area contributed by atoms with Gasteiger partial charge in [0.15, 0.2) is 5.79 Å². The number of ether oxygens (including phenoxy) is 5. The summed E-state index contributed by atoms with van der Waals surface area (Å²) in [6.07, 6.45) is 5.51. The lowest BCUT2D eigenvalue weighted by molar-refractivity contribution is -0.351. The summed E-state index contributed by atoms with van der Waals surface area (Å²) < 4.78 is 32.2. The maximum absolute atomic E-state index is 12.1. The Morgan fingerprint density at radius 1 is 0.978 bits per heavy atom. The van der Waals surface area contributed by atoms with Gasteiger partial charge in [0.2, 0.25) is 0 Å². The van der Waals surface area contributed by atoms with E-state index in [-0.39, 0.29) is 24.2 Å². The van der Waals surface area contributed by atoms with Crippen molar-refractivity contribution >= 4 is 23.5 Å². The maximum atomic E-state index is 12.1. The van der Waals surface area contributed by atoms with Crippen LogP contribution in [0.1, 0.15) is 63.5 Å². The van der Waals surface area contributed by atoms with Gasteiger partial charge < -0.3 is 28.8 Å². The Kier molecular flexibility index (Phi) is 12.9. The van der Waals surface area contributed by atoms with Gasteiger partial charge in [-0.05, 0) is 47.8 Å². The molecule has 0 aliphatic carbocycles. The molecule has 0 unspecified atom stereocenters.